The third kappa shape index (κ3) is 3.74. The fourth-order valence-corrected chi connectivity index (χ4v) is 4.19. The molecule has 1 aromatic heterocycles. The van der Waals surface area contributed by atoms with E-state index in [1.807, 2.05) is 60.7 Å². The Labute approximate surface area is 190 Å². The second kappa shape index (κ2) is 8.48. The van der Waals surface area contributed by atoms with Gasteiger partial charge in [0.15, 0.2) is 5.69 Å². The molecule has 3 aromatic carbocycles. The van der Waals surface area contributed by atoms with Crippen LogP contribution in [0.2, 0.25) is 5.02 Å². The summed E-state index contributed by atoms with van der Waals surface area (Å²) in [6, 6.07) is 24.1. The largest absolute Gasteiger partial charge is 0.368 e. The monoisotopic (exact) mass is 444 g/mol. The van der Waals surface area contributed by atoms with Crippen LogP contribution in [0.5, 0.6) is 0 Å². The van der Waals surface area contributed by atoms with Crippen molar-refractivity contribution in [2.75, 3.05) is 31.1 Å². The van der Waals surface area contributed by atoms with Gasteiger partial charge in [-0.1, -0.05) is 48.0 Å². The maximum absolute atomic E-state index is 13.5. The number of benzene rings is 3. The topological polar surface area (TPSA) is 58.4 Å². The van der Waals surface area contributed by atoms with Crippen LogP contribution in [0.4, 0.5) is 5.69 Å². The zero-order chi connectivity index (χ0) is 22.1. The first-order valence-corrected chi connectivity index (χ1v) is 10.9. The second-order valence-electron chi connectivity index (χ2n) is 7.70. The Morgan fingerprint density at radius 1 is 0.750 bits per heavy atom. The highest BCUT2D eigenvalue weighted by Gasteiger charge is 2.26. The molecular formula is C25H21ClN4O2. The van der Waals surface area contributed by atoms with Crippen LogP contribution in [-0.2, 0) is 0 Å². The van der Waals surface area contributed by atoms with Crippen molar-refractivity contribution in [1.82, 2.24) is 14.7 Å². The zero-order valence-corrected chi connectivity index (χ0v) is 18.1. The molecule has 1 fully saturated rings. The molecule has 5 rings (SSSR count). The number of fused-ring (bicyclic) bond motifs is 1. The van der Waals surface area contributed by atoms with E-state index in [0.717, 1.165) is 5.69 Å². The summed E-state index contributed by atoms with van der Waals surface area (Å²) in [5.74, 6) is -0.165. The van der Waals surface area contributed by atoms with Crippen LogP contribution in [-0.4, -0.2) is 46.8 Å². The molecule has 0 spiro atoms. The molecule has 32 heavy (non-hydrogen) atoms. The van der Waals surface area contributed by atoms with E-state index in [1.54, 1.807) is 23.1 Å². The number of nitrogens with zero attached hydrogens (tertiary/aromatic N) is 4. The van der Waals surface area contributed by atoms with Gasteiger partial charge in [-0.3, -0.25) is 9.59 Å². The standard InChI is InChI=1S/C25H21ClN4O2/c26-18-10-12-19(13-11-18)28-14-16-29(17-15-28)25(32)23-21-8-4-5-9-22(21)24(31)30(27-23)20-6-2-1-3-7-20/h1-13H,14-17H2. The molecule has 0 N–H and O–H groups in total. The number of carbonyl (C=O) groups is 1. The molecule has 0 aliphatic carbocycles. The third-order valence-corrected chi connectivity index (χ3v) is 6.02. The molecule has 4 aromatic rings. The predicted molar refractivity (Wildman–Crippen MR) is 127 cm³/mol. The van der Waals surface area contributed by atoms with E-state index in [9.17, 15) is 9.59 Å². The lowest BCUT2D eigenvalue weighted by Crippen LogP contribution is -2.49. The predicted octanol–water partition coefficient (Wildman–Crippen LogP) is 4.00. The molecule has 1 saturated heterocycles. The number of aromatic nitrogens is 2. The number of hydrogen-bond donors (Lipinski definition) is 0. The van der Waals surface area contributed by atoms with Crippen LogP contribution in [0.25, 0.3) is 16.5 Å². The summed E-state index contributed by atoms with van der Waals surface area (Å²) in [4.78, 5) is 30.6. The highest BCUT2D eigenvalue weighted by molar-refractivity contribution is 6.30. The second-order valence-corrected chi connectivity index (χ2v) is 8.14. The Morgan fingerprint density at radius 2 is 1.38 bits per heavy atom. The minimum atomic E-state index is -0.240. The summed E-state index contributed by atoms with van der Waals surface area (Å²) in [5, 5.41) is 6.28. The van der Waals surface area contributed by atoms with Gasteiger partial charge in [-0.05, 0) is 42.5 Å². The lowest BCUT2D eigenvalue weighted by atomic mass is 10.1. The summed E-state index contributed by atoms with van der Waals surface area (Å²) in [6.45, 7) is 2.57. The third-order valence-electron chi connectivity index (χ3n) is 5.77. The molecule has 0 radical (unpaired) electrons. The highest BCUT2D eigenvalue weighted by Crippen LogP contribution is 2.21. The van der Waals surface area contributed by atoms with Gasteiger partial charge in [-0.25, -0.2) is 0 Å². The first kappa shape index (κ1) is 20.3. The van der Waals surface area contributed by atoms with E-state index in [-0.39, 0.29) is 11.5 Å². The number of para-hydroxylation sites is 1. The Kier molecular flexibility index (Phi) is 5.37. The van der Waals surface area contributed by atoms with Gasteiger partial charge in [0, 0.05) is 42.3 Å². The van der Waals surface area contributed by atoms with Crippen molar-refractivity contribution in [2.24, 2.45) is 0 Å². The summed E-state index contributed by atoms with van der Waals surface area (Å²) in [6.07, 6.45) is 0. The van der Waals surface area contributed by atoms with E-state index < -0.39 is 0 Å². The number of anilines is 1. The Hall–Kier alpha value is -3.64. The van der Waals surface area contributed by atoms with E-state index >= 15 is 0 Å². The van der Waals surface area contributed by atoms with E-state index in [4.69, 9.17) is 11.6 Å². The normalized spacial score (nSPS) is 14.0. The van der Waals surface area contributed by atoms with Crippen LogP contribution in [0.15, 0.2) is 83.7 Å². The Morgan fingerprint density at radius 3 is 2.06 bits per heavy atom. The summed E-state index contributed by atoms with van der Waals surface area (Å²) in [7, 11) is 0. The van der Waals surface area contributed by atoms with Crippen LogP contribution < -0.4 is 10.5 Å². The van der Waals surface area contributed by atoms with Gasteiger partial charge >= 0.3 is 0 Å². The van der Waals surface area contributed by atoms with Crippen LogP contribution in [0, 0.1) is 0 Å². The smallest absolute Gasteiger partial charge is 0.279 e. The van der Waals surface area contributed by atoms with E-state index in [0.29, 0.717) is 53.4 Å². The highest BCUT2D eigenvalue weighted by atomic mass is 35.5. The number of hydrogen-bond acceptors (Lipinski definition) is 4. The number of carbonyl (C=O) groups excluding carboxylic acids is 1. The molecule has 0 unspecified atom stereocenters. The van der Waals surface area contributed by atoms with Gasteiger partial charge in [-0.15, -0.1) is 0 Å². The Balaban J connectivity index is 1.47. The summed E-state index contributed by atoms with van der Waals surface area (Å²) < 4.78 is 1.32. The average molecular weight is 445 g/mol. The molecular weight excluding hydrogens is 424 g/mol. The number of amides is 1. The van der Waals surface area contributed by atoms with E-state index in [1.165, 1.54) is 4.68 Å². The number of rotatable bonds is 3. The lowest BCUT2D eigenvalue weighted by molar-refractivity contribution is 0.0741. The van der Waals surface area contributed by atoms with Crippen molar-refractivity contribution in [3.05, 3.63) is 99.9 Å². The molecule has 160 valence electrons. The van der Waals surface area contributed by atoms with Gasteiger partial charge in [0.1, 0.15) is 0 Å². The van der Waals surface area contributed by atoms with Gasteiger partial charge in [-0.2, -0.15) is 9.78 Å². The Bertz CT molecular complexity index is 1330. The minimum absolute atomic E-state index is 0.165. The first-order chi connectivity index (χ1) is 15.6. The van der Waals surface area contributed by atoms with Crippen molar-refractivity contribution in [1.29, 1.82) is 0 Å². The van der Waals surface area contributed by atoms with Crippen molar-refractivity contribution in [2.45, 2.75) is 0 Å². The number of halogens is 1. The molecule has 7 heteroatoms. The van der Waals surface area contributed by atoms with Gasteiger partial charge in [0.05, 0.1) is 11.1 Å². The van der Waals surface area contributed by atoms with Crippen molar-refractivity contribution >= 4 is 34.0 Å². The summed E-state index contributed by atoms with van der Waals surface area (Å²) in [5.41, 5.74) is 1.77. The maximum Gasteiger partial charge on any atom is 0.279 e. The van der Waals surface area contributed by atoms with Gasteiger partial charge < -0.3 is 9.80 Å². The van der Waals surface area contributed by atoms with E-state index in [2.05, 4.69) is 10.00 Å². The van der Waals surface area contributed by atoms with Crippen LogP contribution in [0.1, 0.15) is 10.5 Å². The minimum Gasteiger partial charge on any atom is -0.368 e. The van der Waals surface area contributed by atoms with Crippen molar-refractivity contribution < 1.29 is 4.79 Å². The average Bonchev–Trinajstić information content (AvgIpc) is 2.85. The molecule has 0 bridgehead atoms. The van der Waals surface area contributed by atoms with Crippen molar-refractivity contribution in [3.8, 4) is 5.69 Å². The van der Waals surface area contributed by atoms with Crippen LogP contribution in [0.3, 0.4) is 0 Å². The molecule has 1 aliphatic rings. The molecule has 6 nitrogen and oxygen atoms in total. The quantitative estimate of drug-likeness (QED) is 0.479. The fraction of sp³-hybridized carbons (Fsp3) is 0.160. The van der Waals surface area contributed by atoms with Gasteiger partial charge in [0.25, 0.3) is 11.5 Å². The van der Waals surface area contributed by atoms with Gasteiger partial charge in [0.2, 0.25) is 0 Å². The fourth-order valence-electron chi connectivity index (χ4n) is 4.06. The first-order valence-electron chi connectivity index (χ1n) is 10.5. The molecule has 0 atom stereocenters. The lowest BCUT2D eigenvalue weighted by Gasteiger charge is -2.36. The van der Waals surface area contributed by atoms with Crippen LogP contribution >= 0.6 is 11.6 Å². The zero-order valence-electron chi connectivity index (χ0n) is 17.3. The van der Waals surface area contributed by atoms with Crippen molar-refractivity contribution in [3.63, 3.8) is 0 Å². The maximum atomic E-state index is 13.5. The molecule has 0 saturated carbocycles. The SMILES string of the molecule is O=C(c1nn(-c2ccccc2)c(=O)c2ccccc12)N1CCN(c2ccc(Cl)cc2)CC1. The molecule has 1 aliphatic heterocycles. The molecule has 1 amide bonds. The molecule has 2 heterocycles. The number of piperazine rings is 1. The summed E-state index contributed by atoms with van der Waals surface area (Å²) >= 11 is 6.00.